The molecule has 0 aliphatic carbocycles. The van der Waals surface area contributed by atoms with Gasteiger partial charge in [0.1, 0.15) is 5.75 Å². The zero-order valence-corrected chi connectivity index (χ0v) is 12.7. The summed E-state index contributed by atoms with van der Waals surface area (Å²) in [5, 5.41) is 1.66. The van der Waals surface area contributed by atoms with Gasteiger partial charge in [-0.3, -0.25) is 9.71 Å². The van der Waals surface area contributed by atoms with Gasteiger partial charge in [-0.05, 0) is 24.3 Å². The number of hydrogen-bond acceptors (Lipinski definition) is 4. The molecule has 0 spiro atoms. The normalized spacial score (nSPS) is 11.3. The van der Waals surface area contributed by atoms with Crippen LogP contribution in [0.25, 0.3) is 10.8 Å². The molecule has 3 rings (SSSR count). The van der Waals surface area contributed by atoms with Gasteiger partial charge in [0.05, 0.1) is 17.7 Å². The minimum atomic E-state index is -3.69. The molecule has 0 radical (unpaired) electrons. The van der Waals surface area contributed by atoms with Gasteiger partial charge in [0.15, 0.2) is 0 Å². The van der Waals surface area contributed by atoms with Crippen LogP contribution in [0.2, 0.25) is 0 Å². The van der Waals surface area contributed by atoms with Crippen molar-refractivity contribution in [3.8, 4) is 5.75 Å². The van der Waals surface area contributed by atoms with E-state index in [4.69, 9.17) is 4.74 Å². The summed E-state index contributed by atoms with van der Waals surface area (Å²) >= 11 is 0. The number of pyridine rings is 1. The van der Waals surface area contributed by atoms with E-state index in [0.717, 1.165) is 10.8 Å². The second kappa shape index (κ2) is 5.65. The molecule has 0 atom stereocenters. The molecule has 1 heterocycles. The Balaban J connectivity index is 2.03. The Morgan fingerprint density at radius 3 is 2.73 bits per heavy atom. The molecule has 0 saturated carbocycles. The average Bonchev–Trinajstić information content (AvgIpc) is 2.55. The summed E-state index contributed by atoms with van der Waals surface area (Å²) in [5.74, 6) is 0.491. The SMILES string of the molecule is COc1cccc(S(=O)(=O)Nc2cccc3cnccc23)c1. The molecule has 0 aliphatic rings. The molecule has 0 saturated heterocycles. The first-order valence-corrected chi connectivity index (χ1v) is 8.08. The van der Waals surface area contributed by atoms with Crippen LogP contribution >= 0.6 is 0 Å². The first-order chi connectivity index (χ1) is 10.6. The van der Waals surface area contributed by atoms with Crippen molar-refractivity contribution in [2.45, 2.75) is 4.90 Å². The van der Waals surface area contributed by atoms with Crippen molar-refractivity contribution in [2.24, 2.45) is 0 Å². The Morgan fingerprint density at radius 2 is 1.91 bits per heavy atom. The van der Waals surface area contributed by atoms with Gasteiger partial charge in [-0.1, -0.05) is 18.2 Å². The van der Waals surface area contributed by atoms with Crippen LogP contribution in [0, 0.1) is 0 Å². The molecular weight excluding hydrogens is 300 g/mol. The van der Waals surface area contributed by atoms with E-state index in [2.05, 4.69) is 9.71 Å². The highest BCUT2D eigenvalue weighted by Crippen LogP contribution is 2.26. The largest absolute Gasteiger partial charge is 0.497 e. The average molecular weight is 314 g/mol. The first kappa shape index (κ1) is 14.3. The predicted octanol–water partition coefficient (Wildman–Crippen LogP) is 3.04. The van der Waals surface area contributed by atoms with Crippen LogP contribution < -0.4 is 9.46 Å². The van der Waals surface area contributed by atoms with E-state index in [-0.39, 0.29) is 4.90 Å². The lowest BCUT2D eigenvalue weighted by Gasteiger charge is -2.11. The minimum Gasteiger partial charge on any atom is -0.497 e. The summed E-state index contributed by atoms with van der Waals surface area (Å²) in [6, 6.07) is 13.5. The van der Waals surface area contributed by atoms with Crippen LogP contribution in [0.1, 0.15) is 0 Å². The summed E-state index contributed by atoms with van der Waals surface area (Å²) in [5.41, 5.74) is 0.516. The topological polar surface area (TPSA) is 68.3 Å². The molecule has 22 heavy (non-hydrogen) atoms. The van der Waals surface area contributed by atoms with Gasteiger partial charge in [-0.25, -0.2) is 8.42 Å². The van der Waals surface area contributed by atoms with Crippen LogP contribution in [0.5, 0.6) is 5.75 Å². The number of nitrogens with one attached hydrogen (secondary N) is 1. The Kier molecular flexibility index (Phi) is 3.68. The van der Waals surface area contributed by atoms with Crippen molar-refractivity contribution in [1.29, 1.82) is 0 Å². The molecule has 112 valence electrons. The molecule has 5 nitrogen and oxygen atoms in total. The fourth-order valence-corrected chi connectivity index (χ4v) is 3.30. The number of fused-ring (bicyclic) bond motifs is 1. The smallest absolute Gasteiger partial charge is 0.262 e. The number of sulfonamides is 1. The van der Waals surface area contributed by atoms with Gasteiger partial charge < -0.3 is 4.74 Å². The lowest BCUT2D eigenvalue weighted by molar-refractivity contribution is 0.413. The lowest BCUT2D eigenvalue weighted by Crippen LogP contribution is -2.13. The second-order valence-corrected chi connectivity index (χ2v) is 6.37. The van der Waals surface area contributed by atoms with E-state index in [1.807, 2.05) is 6.07 Å². The lowest BCUT2D eigenvalue weighted by atomic mass is 10.1. The molecule has 0 bridgehead atoms. The van der Waals surface area contributed by atoms with E-state index in [0.29, 0.717) is 11.4 Å². The zero-order valence-electron chi connectivity index (χ0n) is 11.9. The molecule has 2 aromatic carbocycles. The van der Waals surface area contributed by atoms with Gasteiger partial charge in [-0.2, -0.15) is 0 Å². The summed E-state index contributed by atoms with van der Waals surface area (Å²) in [6.07, 6.45) is 3.32. The summed E-state index contributed by atoms with van der Waals surface area (Å²) in [7, 11) is -2.19. The van der Waals surface area contributed by atoms with Crippen LogP contribution in [-0.4, -0.2) is 20.5 Å². The number of ether oxygens (including phenoxy) is 1. The fourth-order valence-electron chi connectivity index (χ4n) is 2.18. The molecule has 1 aromatic heterocycles. The molecule has 1 N–H and O–H groups in total. The van der Waals surface area contributed by atoms with Crippen LogP contribution in [0.4, 0.5) is 5.69 Å². The van der Waals surface area contributed by atoms with Crippen LogP contribution in [-0.2, 0) is 10.0 Å². The number of anilines is 1. The van der Waals surface area contributed by atoms with E-state index in [1.54, 1.807) is 42.7 Å². The maximum atomic E-state index is 12.5. The van der Waals surface area contributed by atoms with Crippen molar-refractivity contribution in [1.82, 2.24) is 4.98 Å². The number of hydrogen-bond donors (Lipinski definition) is 1. The molecule has 3 aromatic rings. The molecule has 0 fully saturated rings. The fraction of sp³-hybridized carbons (Fsp3) is 0.0625. The Hall–Kier alpha value is -2.60. The van der Waals surface area contributed by atoms with Gasteiger partial charge >= 0.3 is 0 Å². The van der Waals surface area contributed by atoms with E-state index < -0.39 is 10.0 Å². The zero-order chi connectivity index (χ0) is 15.6. The number of methoxy groups -OCH3 is 1. The maximum absolute atomic E-state index is 12.5. The first-order valence-electron chi connectivity index (χ1n) is 6.60. The van der Waals surface area contributed by atoms with Crippen LogP contribution in [0.15, 0.2) is 65.8 Å². The maximum Gasteiger partial charge on any atom is 0.262 e. The van der Waals surface area contributed by atoms with Crippen molar-refractivity contribution < 1.29 is 13.2 Å². The standard InChI is InChI=1S/C16H14N2O3S/c1-21-13-5-3-6-14(10-13)22(19,20)18-16-7-2-4-12-11-17-9-8-15(12)16/h2-11,18H,1H3. The highest BCUT2D eigenvalue weighted by atomic mass is 32.2. The highest BCUT2D eigenvalue weighted by molar-refractivity contribution is 7.92. The van der Waals surface area contributed by atoms with Crippen molar-refractivity contribution in [2.75, 3.05) is 11.8 Å². The highest BCUT2D eigenvalue weighted by Gasteiger charge is 2.16. The van der Waals surface area contributed by atoms with Gasteiger partial charge in [0.25, 0.3) is 10.0 Å². The van der Waals surface area contributed by atoms with Crippen LogP contribution in [0.3, 0.4) is 0 Å². The second-order valence-electron chi connectivity index (χ2n) is 4.69. The third kappa shape index (κ3) is 2.73. The van der Waals surface area contributed by atoms with Crippen molar-refractivity contribution in [3.05, 3.63) is 60.9 Å². The Morgan fingerprint density at radius 1 is 1.09 bits per heavy atom. The molecule has 0 aliphatic heterocycles. The van der Waals surface area contributed by atoms with E-state index in [1.165, 1.54) is 19.2 Å². The van der Waals surface area contributed by atoms with Gasteiger partial charge in [-0.15, -0.1) is 0 Å². The summed E-state index contributed by atoms with van der Waals surface area (Å²) in [4.78, 5) is 4.19. The quantitative estimate of drug-likeness (QED) is 0.803. The monoisotopic (exact) mass is 314 g/mol. The van der Waals surface area contributed by atoms with E-state index in [9.17, 15) is 8.42 Å². The number of rotatable bonds is 4. The third-order valence-corrected chi connectivity index (χ3v) is 4.64. The third-order valence-electron chi connectivity index (χ3n) is 3.28. The van der Waals surface area contributed by atoms with Gasteiger partial charge in [0.2, 0.25) is 0 Å². The van der Waals surface area contributed by atoms with Crippen molar-refractivity contribution >= 4 is 26.5 Å². The Labute approximate surface area is 128 Å². The molecular formula is C16H14N2O3S. The molecule has 0 amide bonds. The summed E-state index contributed by atoms with van der Waals surface area (Å²) in [6.45, 7) is 0. The minimum absolute atomic E-state index is 0.151. The number of aromatic nitrogens is 1. The summed E-state index contributed by atoms with van der Waals surface area (Å²) < 4.78 is 32.7. The predicted molar refractivity (Wildman–Crippen MR) is 85.5 cm³/mol. The number of benzene rings is 2. The van der Waals surface area contributed by atoms with E-state index >= 15 is 0 Å². The molecule has 0 unspecified atom stereocenters. The van der Waals surface area contributed by atoms with Crippen molar-refractivity contribution in [3.63, 3.8) is 0 Å². The van der Waals surface area contributed by atoms with Gasteiger partial charge in [0, 0.05) is 29.2 Å². The molecule has 6 heteroatoms. The number of nitrogens with zero attached hydrogens (tertiary/aromatic N) is 1. The Bertz CT molecular complexity index is 918.